The molecule has 0 aliphatic carbocycles. The number of imidazole rings is 1. The zero-order valence-corrected chi connectivity index (χ0v) is 15.9. The molecule has 4 aromatic rings. The zero-order chi connectivity index (χ0) is 19.3. The van der Waals surface area contributed by atoms with Crippen LogP contribution in [-0.2, 0) is 4.74 Å². The molecule has 28 heavy (non-hydrogen) atoms. The van der Waals surface area contributed by atoms with E-state index >= 15 is 0 Å². The molecule has 0 saturated carbocycles. The van der Waals surface area contributed by atoms with Gasteiger partial charge in [0.2, 0.25) is 5.78 Å². The second-order valence-electron chi connectivity index (χ2n) is 7.03. The first-order valence-electron chi connectivity index (χ1n) is 9.14. The Bertz CT molecular complexity index is 1190. The van der Waals surface area contributed by atoms with Gasteiger partial charge in [0.1, 0.15) is 11.8 Å². The molecule has 8 heteroatoms. The molecule has 4 heterocycles. The van der Waals surface area contributed by atoms with Crippen molar-refractivity contribution in [2.45, 2.75) is 31.9 Å². The standard InChI is InChI=1S/C20H17ClN4O3/c1-11-8-13(4-6-27-11)25-18-14-9-12(21)2-3-15(14)22-10-17(18)23-20(25)19(26)16-5-7-28-24-16/h2-3,5,7,9-11,13H,4,6,8H2,1H3/t11-,13-/m1/s1. The number of fused-ring (bicyclic) bond motifs is 3. The van der Waals surface area contributed by atoms with Gasteiger partial charge in [0.15, 0.2) is 11.5 Å². The van der Waals surface area contributed by atoms with E-state index in [1.807, 2.05) is 23.6 Å². The average molecular weight is 397 g/mol. The molecule has 1 saturated heterocycles. The van der Waals surface area contributed by atoms with Crippen LogP contribution in [0.3, 0.4) is 0 Å². The molecule has 1 aliphatic heterocycles. The lowest BCUT2D eigenvalue weighted by atomic mass is 10.0. The summed E-state index contributed by atoms with van der Waals surface area (Å²) in [5.74, 6) is 0.0524. The number of pyridine rings is 1. The molecule has 7 nitrogen and oxygen atoms in total. The maximum Gasteiger partial charge on any atom is 0.250 e. The van der Waals surface area contributed by atoms with Crippen LogP contribution in [0.15, 0.2) is 41.2 Å². The Morgan fingerprint density at radius 2 is 2.18 bits per heavy atom. The molecule has 1 aliphatic rings. The highest BCUT2D eigenvalue weighted by Gasteiger charge is 2.30. The number of nitrogens with zero attached hydrogens (tertiary/aromatic N) is 4. The molecule has 0 unspecified atom stereocenters. The normalized spacial score (nSPS) is 20.1. The van der Waals surface area contributed by atoms with Crippen LogP contribution in [0.1, 0.15) is 42.1 Å². The first kappa shape index (κ1) is 17.3. The summed E-state index contributed by atoms with van der Waals surface area (Å²) in [6.45, 7) is 2.67. The lowest BCUT2D eigenvalue weighted by Gasteiger charge is -2.29. The average Bonchev–Trinajstić information content (AvgIpc) is 3.35. The lowest BCUT2D eigenvalue weighted by molar-refractivity contribution is 0.00631. The highest BCUT2D eigenvalue weighted by atomic mass is 35.5. The molecule has 5 rings (SSSR count). The van der Waals surface area contributed by atoms with Crippen LogP contribution in [0.25, 0.3) is 21.9 Å². The van der Waals surface area contributed by atoms with Crippen LogP contribution in [0, 0.1) is 0 Å². The molecule has 142 valence electrons. The van der Waals surface area contributed by atoms with E-state index in [9.17, 15) is 4.79 Å². The summed E-state index contributed by atoms with van der Waals surface area (Å²) in [6.07, 6.45) is 4.76. The number of hydrogen-bond donors (Lipinski definition) is 0. The number of aromatic nitrogens is 4. The van der Waals surface area contributed by atoms with Gasteiger partial charge in [-0.1, -0.05) is 16.8 Å². The molecule has 3 aromatic heterocycles. The minimum atomic E-state index is -0.278. The molecule has 0 radical (unpaired) electrons. The van der Waals surface area contributed by atoms with Crippen molar-refractivity contribution >= 4 is 39.3 Å². The van der Waals surface area contributed by atoms with Gasteiger partial charge < -0.3 is 13.8 Å². The highest BCUT2D eigenvalue weighted by Crippen LogP contribution is 2.34. The fourth-order valence-electron chi connectivity index (χ4n) is 3.92. The van der Waals surface area contributed by atoms with E-state index in [0.717, 1.165) is 29.3 Å². The van der Waals surface area contributed by atoms with E-state index in [1.54, 1.807) is 18.3 Å². The van der Waals surface area contributed by atoms with E-state index in [-0.39, 0.29) is 23.6 Å². The monoisotopic (exact) mass is 396 g/mol. The summed E-state index contributed by atoms with van der Waals surface area (Å²) in [5, 5.41) is 5.28. The third-order valence-electron chi connectivity index (χ3n) is 5.17. The Labute approximate surface area is 165 Å². The summed E-state index contributed by atoms with van der Waals surface area (Å²) in [6, 6.07) is 7.18. The van der Waals surface area contributed by atoms with Gasteiger partial charge in [0.05, 0.1) is 23.3 Å². The number of carbonyl (C=O) groups is 1. The summed E-state index contributed by atoms with van der Waals surface area (Å²) in [7, 11) is 0. The number of rotatable bonds is 3. The van der Waals surface area contributed by atoms with Gasteiger partial charge in [-0.25, -0.2) is 4.98 Å². The molecule has 0 spiro atoms. The van der Waals surface area contributed by atoms with Gasteiger partial charge in [-0.3, -0.25) is 9.78 Å². The Morgan fingerprint density at radius 3 is 2.96 bits per heavy atom. The number of benzene rings is 1. The molecule has 0 bridgehead atoms. The predicted molar refractivity (Wildman–Crippen MR) is 104 cm³/mol. The van der Waals surface area contributed by atoms with Gasteiger partial charge in [-0.15, -0.1) is 0 Å². The summed E-state index contributed by atoms with van der Waals surface area (Å²) in [4.78, 5) is 22.3. The van der Waals surface area contributed by atoms with Gasteiger partial charge in [0, 0.05) is 29.1 Å². The minimum Gasteiger partial charge on any atom is -0.378 e. The summed E-state index contributed by atoms with van der Waals surface area (Å²) in [5.41, 5.74) is 2.55. The van der Waals surface area contributed by atoms with Crippen LogP contribution in [0.2, 0.25) is 5.02 Å². The quantitative estimate of drug-likeness (QED) is 0.483. The Hall–Kier alpha value is -2.77. The second-order valence-corrected chi connectivity index (χ2v) is 7.47. The van der Waals surface area contributed by atoms with Crippen LogP contribution < -0.4 is 0 Å². The third kappa shape index (κ3) is 2.78. The number of carbonyl (C=O) groups excluding carboxylic acids is 1. The first-order valence-corrected chi connectivity index (χ1v) is 9.52. The van der Waals surface area contributed by atoms with Gasteiger partial charge in [-0.2, -0.15) is 0 Å². The molecule has 0 amide bonds. The fraction of sp³-hybridized carbons (Fsp3) is 0.300. The minimum absolute atomic E-state index is 0.0733. The van der Waals surface area contributed by atoms with Gasteiger partial charge >= 0.3 is 0 Å². The Balaban J connectivity index is 1.81. The lowest BCUT2D eigenvalue weighted by Crippen LogP contribution is -2.27. The maximum absolute atomic E-state index is 13.1. The highest BCUT2D eigenvalue weighted by molar-refractivity contribution is 6.31. The summed E-state index contributed by atoms with van der Waals surface area (Å²) >= 11 is 6.26. The third-order valence-corrected chi connectivity index (χ3v) is 5.41. The van der Waals surface area contributed by atoms with Crippen LogP contribution in [0.5, 0.6) is 0 Å². The first-order chi connectivity index (χ1) is 13.6. The van der Waals surface area contributed by atoms with E-state index in [0.29, 0.717) is 23.0 Å². The van der Waals surface area contributed by atoms with E-state index in [4.69, 9.17) is 20.9 Å². The van der Waals surface area contributed by atoms with Crippen LogP contribution in [-0.4, -0.2) is 38.2 Å². The molecule has 2 atom stereocenters. The van der Waals surface area contributed by atoms with Crippen molar-refractivity contribution in [1.29, 1.82) is 0 Å². The smallest absolute Gasteiger partial charge is 0.250 e. The van der Waals surface area contributed by atoms with Crippen molar-refractivity contribution in [2.75, 3.05) is 6.61 Å². The number of ketones is 1. The second kappa shape index (κ2) is 6.68. The van der Waals surface area contributed by atoms with E-state index in [1.165, 1.54) is 6.26 Å². The maximum atomic E-state index is 13.1. The number of hydrogen-bond acceptors (Lipinski definition) is 6. The van der Waals surface area contributed by atoms with Crippen LogP contribution >= 0.6 is 11.6 Å². The molecule has 1 fully saturated rings. The Kier molecular flexibility index (Phi) is 4.14. The van der Waals surface area contributed by atoms with Crippen molar-refractivity contribution < 1.29 is 14.1 Å². The van der Waals surface area contributed by atoms with Crippen molar-refractivity contribution in [2.24, 2.45) is 0 Å². The van der Waals surface area contributed by atoms with E-state index in [2.05, 4.69) is 15.1 Å². The van der Waals surface area contributed by atoms with Crippen molar-refractivity contribution in [3.63, 3.8) is 0 Å². The molecular weight excluding hydrogens is 380 g/mol. The number of halogens is 1. The van der Waals surface area contributed by atoms with Crippen molar-refractivity contribution in [1.82, 2.24) is 19.7 Å². The molecule has 1 aromatic carbocycles. The van der Waals surface area contributed by atoms with Crippen LogP contribution in [0.4, 0.5) is 0 Å². The SMILES string of the molecule is C[C@@H]1C[C@H](n2c(C(=O)c3ccon3)nc3cnc4ccc(Cl)cc4c32)CCO1. The van der Waals surface area contributed by atoms with E-state index < -0.39 is 0 Å². The summed E-state index contributed by atoms with van der Waals surface area (Å²) < 4.78 is 12.6. The fourth-order valence-corrected chi connectivity index (χ4v) is 4.09. The van der Waals surface area contributed by atoms with Crippen molar-refractivity contribution in [3.8, 4) is 0 Å². The largest absolute Gasteiger partial charge is 0.378 e. The molecule has 0 N–H and O–H groups in total. The number of ether oxygens (including phenoxy) is 1. The zero-order valence-electron chi connectivity index (χ0n) is 15.1. The van der Waals surface area contributed by atoms with Gasteiger partial charge in [-0.05, 0) is 38.0 Å². The van der Waals surface area contributed by atoms with Gasteiger partial charge in [0.25, 0.3) is 0 Å². The Morgan fingerprint density at radius 1 is 1.29 bits per heavy atom. The molecular formula is C20H17ClN4O3. The van der Waals surface area contributed by atoms with Crippen molar-refractivity contribution in [3.05, 3.63) is 53.3 Å². The topological polar surface area (TPSA) is 83.0 Å². The predicted octanol–water partition coefficient (Wildman–Crippen LogP) is 4.20.